The van der Waals surface area contributed by atoms with Gasteiger partial charge in [-0.1, -0.05) is 4.49 Å². The van der Waals surface area contributed by atoms with Gasteiger partial charge in [0.15, 0.2) is 0 Å². The Hall–Kier alpha value is -0.520. The van der Waals surface area contributed by atoms with Crippen molar-refractivity contribution in [3.63, 3.8) is 0 Å². The van der Waals surface area contributed by atoms with Crippen LogP contribution in [0.15, 0.2) is 5.38 Å². The highest BCUT2D eigenvalue weighted by Gasteiger charge is 2.23. The molecule has 0 unspecified atom stereocenters. The SMILES string of the molecule is OC[C@@H]1CCCN1Cc1csnn1. The summed E-state index contributed by atoms with van der Waals surface area (Å²) in [6.07, 6.45) is 2.29. The first kappa shape index (κ1) is 9.05. The molecule has 2 rings (SSSR count). The van der Waals surface area contributed by atoms with E-state index in [1.54, 1.807) is 0 Å². The van der Waals surface area contributed by atoms with E-state index in [0.717, 1.165) is 25.2 Å². The molecule has 1 fully saturated rings. The second-order valence-electron chi connectivity index (χ2n) is 3.35. The Morgan fingerprint density at radius 3 is 3.31 bits per heavy atom. The average Bonchev–Trinajstić information content (AvgIpc) is 2.76. The molecule has 0 spiro atoms. The van der Waals surface area contributed by atoms with Crippen LogP contribution < -0.4 is 0 Å². The van der Waals surface area contributed by atoms with Crippen molar-refractivity contribution in [1.29, 1.82) is 0 Å². The van der Waals surface area contributed by atoms with Gasteiger partial charge in [0, 0.05) is 18.0 Å². The van der Waals surface area contributed by atoms with Gasteiger partial charge in [-0.15, -0.1) is 5.10 Å². The fraction of sp³-hybridized carbons (Fsp3) is 0.750. The van der Waals surface area contributed by atoms with Crippen LogP contribution in [0.3, 0.4) is 0 Å². The number of rotatable bonds is 3. The number of hydrogen-bond donors (Lipinski definition) is 1. The summed E-state index contributed by atoms with van der Waals surface area (Å²) in [6.45, 7) is 2.17. The summed E-state index contributed by atoms with van der Waals surface area (Å²) in [5, 5.41) is 15.0. The molecule has 1 N–H and O–H groups in total. The van der Waals surface area contributed by atoms with Gasteiger partial charge in [-0.2, -0.15) is 0 Å². The van der Waals surface area contributed by atoms with Gasteiger partial charge in [0.05, 0.1) is 12.3 Å². The van der Waals surface area contributed by atoms with Crippen LogP contribution in [0.5, 0.6) is 0 Å². The van der Waals surface area contributed by atoms with Gasteiger partial charge < -0.3 is 5.11 Å². The lowest BCUT2D eigenvalue weighted by molar-refractivity contribution is 0.152. The number of likely N-dealkylation sites (tertiary alicyclic amines) is 1. The van der Waals surface area contributed by atoms with Crippen LogP contribution in [0.25, 0.3) is 0 Å². The van der Waals surface area contributed by atoms with Crippen molar-refractivity contribution < 1.29 is 5.11 Å². The molecular weight excluding hydrogens is 186 g/mol. The predicted molar refractivity (Wildman–Crippen MR) is 50.4 cm³/mol. The largest absolute Gasteiger partial charge is 0.395 e. The van der Waals surface area contributed by atoms with Crippen LogP contribution in [0.2, 0.25) is 0 Å². The third-order valence-corrected chi connectivity index (χ3v) is 3.03. The zero-order valence-corrected chi connectivity index (χ0v) is 8.20. The molecule has 1 aliphatic rings. The third-order valence-electron chi connectivity index (χ3n) is 2.48. The van der Waals surface area contributed by atoms with Gasteiger partial charge in [0.1, 0.15) is 0 Å². The van der Waals surface area contributed by atoms with E-state index >= 15 is 0 Å². The Bertz CT molecular complexity index is 252. The summed E-state index contributed by atoms with van der Waals surface area (Å²) in [4.78, 5) is 2.27. The average molecular weight is 199 g/mol. The number of aliphatic hydroxyl groups excluding tert-OH is 1. The van der Waals surface area contributed by atoms with Gasteiger partial charge in [-0.3, -0.25) is 4.90 Å². The first-order valence-electron chi connectivity index (χ1n) is 4.51. The molecule has 5 heteroatoms. The molecule has 1 aliphatic heterocycles. The summed E-state index contributed by atoms with van der Waals surface area (Å²) in [7, 11) is 0. The standard InChI is InChI=1S/C8H13N3OS/c12-5-8-2-1-3-11(8)4-7-6-13-10-9-7/h6,8,12H,1-5H2/t8-/m0/s1. The van der Waals surface area contributed by atoms with Crippen molar-refractivity contribution in [2.75, 3.05) is 13.2 Å². The molecule has 1 aromatic rings. The highest BCUT2D eigenvalue weighted by atomic mass is 32.1. The van der Waals surface area contributed by atoms with E-state index in [-0.39, 0.29) is 6.61 Å². The van der Waals surface area contributed by atoms with E-state index in [1.807, 2.05) is 5.38 Å². The Morgan fingerprint density at radius 1 is 1.69 bits per heavy atom. The van der Waals surface area contributed by atoms with Crippen LogP contribution in [0.4, 0.5) is 0 Å². The molecule has 0 aromatic carbocycles. The summed E-state index contributed by atoms with van der Waals surface area (Å²) in [5.74, 6) is 0. The van der Waals surface area contributed by atoms with Crippen LogP contribution in [-0.4, -0.2) is 38.8 Å². The quantitative estimate of drug-likeness (QED) is 0.770. The number of aliphatic hydroxyl groups is 1. The van der Waals surface area contributed by atoms with Crippen LogP contribution in [0, 0.1) is 0 Å². The highest BCUT2D eigenvalue weighted by molar-refractivity contribution is 7.03. The van der Waals surface area contributed by atoms with Crippen LogP contribution >= 0.6 is 11.5 Å². The van der Waals surface area contributed by atoms with E-state index in [4.69, 9.17) is 5.11 Å². The van der Waals surface area contributed by atoms with Crippen molar-refractivity contribution in [3.8, 4) is 0 Å². The molecule has 2 heterocycles. The van der Waals surface area contributed by atoms with Gasteiger partial charge in [-0.25, -0.2) is 0 Å². The fourth-order valence-electron chi connectivity index (χ4n) is 1.77. The molecule has 1 saturated heterocycles. The number of nitrogens with zero attached hydrogens (tertiary/aromatic N) is 3. The van der Waals surface area contributed by atoms with E-state index in [9.17, 15) is 0 Å². The topological polar surface area (TPSA) is 49.2 Å². The minimum absolute atomic E-state index is 0.261. The first-order chi connectivity index (χ1) is 6.40. The van der Waals surface area contributed by atoms with Crippen LogP contribution in [-0.2, 0) is 6.54 Å². The van der Waals surface area contributed by atoms with Gasteiger partial charge in [-0.05, 0) is 30.9 Å². The molecule has 72 valence electrons. The van der Waals surface area contributed by atoms with Crippen molar-refractivity contribution in [2.45, 2.75) is 25.4 Å². The highest BCUT2D eigenvalue weighted by Crippen LogP contribution is 2.18. The van der Waals surface area contributed by atoms with Crippen LogP contribution in [0.1, 0.15) is 18.5 Å². The first-order valence-corrected chi connectivity index (χ1v) is 5.34. The van der Waals surface area contributed by atoms with Crippen molar-refractivity contribution >= 4 is 11.5 Å². The molecule has 4 nitrogen and oxygen atoms in total. The van der Waals surface area contributed by atoms with E-state index < -0.39 is 0 Å². The molecule has 0 radical (unpaired) electrons. The third kappa shape index (κ3) is 2.04. The van der Waals surface area contributed by atoms with Crippen molar-refractivity contribution in [1.82, 2.24) is 14.5 Å². The maximum Gasteiger partial charge on any atom is 0.0895 e. The Kier molecular flexibility index (Phi) is 2.87. The van der Waals surface area contributed by atoms with Crippen molar-refractivity contribution in [3.05, 3.63) is 11.1 Å². The fourth-order valence-corrected chi connectivity index (χ4v) is 2.21. The van der Waals surface area contributed by atoms with Crippen molar-refractivity contribution in [2.24, 2.45) is 0 Å². The van der Waals surface area contributed by atoms with Gasteiger partial charge >= 0.3 is 0 Å². The maximum atomic E-state index is 9.09. The number of hydrogen-bond acceptors (Lipinski definition) is 5. The zero-order valence-electron chi connectivity index (χ0n) is 7.39. The maximum absolute atomic E-state index is 9.09. The summed E-state index contributed by atoms with van der Waals surface area (Å²) in [5.41, 5.74) is 1.02. The monoisotopic (exact) mass is 199 g/mol. The summed E-state index contributed by atoms with van der Waals surface area (Å²) in [6, 6.07) is 0.335. The molecule has 0 aliphatic carbocycles. The van der Waals surface area contributed by atoms with Gasteiger partial charge in [0.25, 0.3) is 0 Å². The molecule has 1 atom stereocenters. The minimum Gasteiger partial charge on any atom is -0.395 e. The van der Waals surface area contributed by atoms with E-state index in [2.05, 4.69) is 14.5 Å². The summed E-state index contributed by atoms with van der Waals surface area (Å²) < 4.78 is 3.82. The minimum atomic E-state index is 0.261. The second-order valence-corrected chi connectivity index (χ2v) is 3.96. The lowest BCUT2D eigenvalue weighted by atomic mass is 10.2. The molecule has 0 bridgehead atoms. The Balaban J connectivity index is 1.94. The molecule has 13 heavy (non-hydrogen) atoms. The number of aromatic nitrogens is 2. The van der Waals surface area contributed by atoms with Gasteiger partial charge in [0.2, 0.25) is 0 Å². The lowest BCUT2D eigenvalue weighted by Gasteiger charge is -2.20. The van der Waals surface area contributed by atoms with E-state index in [1.165, 1.54) is 18.0 Å². The molecule has 1 aromatic heterocycles. The molecule has 0 saturated carbocycles. The second kappa shape index (κ2) is 4.13. The Morgan fingerprint density at radius 2 is 2.62 bits per heavy atom. The predicted octanol–water partition coefficient (Wildman–Crippen LogP) is 0.495. The smallest absolute Gasteiger partial charge is 0.0895 e. The molecule has 0 amide bonds. The normalized spacial score (nSPS) is 23.9. The molecular formula is C8H13N3OS. The lowest BCUT2D eigenvalue weighted by Crippen LogP contribution is -2.31. The summed E-state index contributed by atoms with van der Waals surface area (Å²) >= 11 is 1.38. The Labute approximate surface area is 81.4 Å². The van der Waals surface area contributed by atoms with E-state index in [0.29, 0.717) is 6.04 Å². The zero-order chi connectivity index (χ0) is 9.10.